The Hall–Kier alpha value is -2.83. The van der Waals surface area contributed by atoms with Gasteiger partial charge in [0.1, 0.15) is 0 Å². The van der Waals surface area contributed by atoms with E-state index in [4.69, 9.17) is 0 Å². The van der Waals surface area contributed by atoms with E-state index in [0.29, 0.717) is 25.6 Å². The van der Waals surface area contributed by atoms with Crippen molar-refractivity contribution in [3.63, 3.8) is 0 Å². The summed E-state index contributed by atoms with van der Waals surface area (Å²) in [5.41, 5.74) is 2.26. The number of rotatable bonds is 7. The molecule has 0 radical (unpaired) electrons. The highest BCUT2D eigenvalue weighted by Crippen LogP contribution is 2.52. The number of carbonyl (C=O) groups is 2. The van der Waals surface area contributed by atoms with E-state index in [0.717, 1.165) is 24.2 Å². The molecule has 7 heteroatoms. The molecule has 2 amide bonds. The van der Waals surface area contributed by atoms with Gasteiger partial charge in [0.25, 0.3) is 0 Å². The second-order valence-corrected chi connectivity index (χ2v) is 8.51. The molecule has 160 valence electrons. The zero-order chi connectivity index (χ0) is 21.3. The largest absolute Gasteiger partial charge is 0.378 e. The maximum atomic E-state index is 12.8. The van der Waals surface area contributed by atoms with Gasteiger partial charge in [-0.1, -0.05) is 24.3 Å². The fourth-order valence-electron chi connectivity index (χ4n) is 4.92. The van der Waals surface area contributed by atoms with E-state index in [9.17, 15) is 9.59 Å². The third-order valence-electron chi connectivity index (χ3n) is 6.38. The molecule has 1 aliphatic heterocycles. The first-order valence-corrected chi connectivity index (χ1v) is 10.8. The zero-order valence-electron chi connectivity index (χ0n) is 18.0. The van der Waals surface area contributed by atoms with Gasteiger partial charge in [-0.3, -0.25) is 14.5 Å². The van der Waals surface area contributed by atoms with Crippen LogP contribution in [0.2, 0.25) is 0 Å². The Balaban J connectivity index is 1.33. The standard InChI is InChI=1S/C23H31N5O2/c1-4-24-23(26-14-15-6-5-7-18(12-15)27(2)3)25-10-11-28-21(29)19-16-8-9-17(13-16)20(19)22(28)30/h5-9,12,16-17,19-20H,4,10-11,13-14H2,1-3H3,(H2,24,25,26). The lowest BCUT2D eigenvalue weighted by atomic mass is 9.85. The Labute approximate surface area is 178 Å². The first-order chi connectivity index (χ1) is 14.5. The quantitative estimate of drug-likeness (QED) is 0.310. The fourth-order valence-corrected chi connectivity index (χ4v) is 4.92. The molecule has 4 unspecified atom stereocenters. The van der Waals surface area contributed by atoms with Gasteiger partial charge in [0.15, 0.2) is 5.96 Å². The van der Waals surface area contributed by atoms with Gasteiger partial charge in [0, 0.05) is 39.4 Å². The molecule has 30 heavy (non-hydrogen) atoms. The van der Waals surface area contributed by atoms with Gasteiger partial charge in [0.05, 0.1) is 18.4 Å². The summed E-state index contributed by atoms with van der Waals surface area (Å²) in [6, 6.07) is 8.28. The molecule has 1 heterocycles. The van der Waals surface area contributed by atoms with Crippen LogP contribution < -0.4 is 15.5 Å². The van der Waals surface area contributed by atoms with Gasteiger partial charge in [-0.25, -0.2) is 4.99 Å². The number of allylic oxidation sites excluding steroid dienone is 2. The predicted octanol–water partition coefficient (Wildman–Crippen LogP) is 1.61. The smallest absolute Gasteiger partial charge is 0.233 e. The van der Waals surface area contributed by atoms with Crippen LogP contribution in [0.5, 0.6) is 0 Å². The van der Waals surface area contributed by atoms with Crippen molar-refractivity contribution in [2.45, 2.75) is 19.9 Å². The lowest BCUT2D eigenvalue weighted by Gasteiger charge is -2.18. The number of fused-ring (bicyclic) bond motifs is 5. The predicted molar refractivity (Wildman–Crippen MR) is 118 cm³/mol. The first kappa shape index (κ1) is 20.4. The summed E-state index contributed by atoms with van der Waals surface area (Å²) < 4.78 is 0. The van der Waals surface area contributed by atoms with E-state index in [-0.39, 0.29) is 35.5 Å². The molecule has 0 aromatic heterocycles. The maximum Gasteiger partial charge on any atom is 0.233 e. The molecule has 2 fully saturated rings. The van der Waals surface area contributed by atoms with Crippen LogP contribution in [0.3, 0.4) is 0 Å². The minimum Gasteiger partial charge on any atom is -0.378 e. The Bertz CT molecular complexity index is 848. The average Bonchev–Trinajstić information content (AvgIpc) is 3.42. The molecule has 2 N–H and O–H groups in total. The molecule has 0 spiro atoms. The SMILES string of the molecule is CCNC(=NCc1cccc(N(C)C)c1)NCCN1C(=O)C2C3C=CC(C3)C2C1=O. The van der Waals surface area contributed by atoms with Crippen molar-refractivity contribution in [1.82, 2.24) is 15.5 Å². The molecule has 2 bridgehead atoms. The average molecular weight is 410 g/mol. The molecule has 2 aliphatic carbocycles. The van der Waals surface area contributed by atoms with Crippen molar-refractivity contribution in [2.24, 2.45) is 28.7 Å². The van der Waals surface area contributed by atoms with Crippen LogP contribution in [-0.4, -0.2) is 56.4 Å². The molecular formula is C23H31N5O2. The normalized spacial score (nSPS) is 27.0. The number of amides is 2. The minimum atomic E-state index is -0.127. The van der Waals surface area contributed by atoms with Crippen molar-refractivity contribution >= 4 is 23.5 Å². The Morgan fingerprint density at radius 2 is 1.83 bits per heavy atom. The molecule has 1 aromatic carbocycles. The lowest BCUT2D eigenvalue weighted by molar-refractivity contribution is -0.140. The van der Waals surface area contributed by atoms with E-state index in [1.165, 1.54) is 4.90 Å². The zero-order valence-corrected chi connectivity index (χ0v) is 18.0. The summed E-state index contributed by atoms with van der Waals surface area (Å²) in [6.07, 6.45) is 5.21. The minimum absolute atomic E-state index is 0.00564. The highest BCUT2D eigenvalue weighted by Gasteiger charge is 2.58. The van der Waals surface area contributed by atoms with Crippen molar-refractivity contribution in [3.05, 3.63) is 42.0 Å². The second-order valence-electron chi connectivity index (χ2n) is 8.51. The summed E-state index contributed by atoms with van der Waals surface area (Å²) in [6.45, 7) is 4.18. The van der Waals surface area contributed by atoms with Crippen molar-refractivity contribution in [3.8, 4) is 0 Å². The van der Waals surface area contributed by atoms with Gasteiger partial charge in [-0.05, 0) is 42.9 Å². The summed E-state index contributed by atoms with van der Waals surface area (Å²) in [4.78, 5) is 33.7. The summed E-state index contributed by atoms with van der Waals surface area (Å²) >= 11 is 0. The number of carbonyl (C=O) groups excluding carboxylic acids is 2. The van der Waals surface area contributed by atoms with E-state index in [1.54, 1.807) is 0 Å². The van der Waals surface area contributed by atoms with Crippen LogP contribution in [0.4, 0.5) is 5.69 Å². The number of imide groups is 1. The number of guanidine groups is 1. The number of hydrogen-bond donors (Lipinski definition) is 2. The Morgan fingerprint density at radius 3 is 2.47 bits per heavy atom. The molecule has 1 saturated carbocycles. The summed E-state index contributed by atoms with van der Waals surface area (Å²) in [5, 5.41) is 6.50. The third-order valence-corrected chi connectivity index (χ3v) is 6.38. The highest BCUT2D eigenvalue weighted by atomic mass is 16.2. The van der Waals surface area contributed by atoms with E-state index in [2.05, 4.69) is 50.9 Å². The molecule has 3 aliphatic rings. The number of nitrogens with one attached hydrogen (secondary N) is 2. The van der Waals surface area contributed by atoms with Crippen LogP contribution >= 0.6 is 0 Å². The topological polar surface area (TPSA) is 77.0 Å². The number of hydrogen-bond acceptors (Lipinski definition) is 4. The van der Waals surface area contributed by atoms with Gasteiger partial charge in [0.2, 0.25) is 11.8 Å². The van der Waals surface area contributed by atoms with Gasteiger partial charge in [-0.15, -0.1) is 0 Å². The van der Waals surface area contributed by atoms with Crippen LogP contribution in [-0.2, 0) is 16.1 Å². The highest BCUT2D eigenvalue weighted by molar-refractivity contribution is 6.06. The van der Waals surface area contributed by atoms with Crippen molar-refractivity contribution in [2.75, 3.05) is 38.6 Å². The first-order valence-electron chi connectivity index (χ1n) is 10.8. The van der Waals surface area contributed by atoms with Crippen LogP contribution in [0, 0.1) is 23.7 Å². The van der Waals surface area contributed by atoms with Gasteiger partial charge in [-0.2, -0.15) is 0 Å². The molecule has 7 nitrogen and oxygen atoms in total. The second kappa shape index (κ2) is 8.50. The molecule has 1 aromatic rings. The van der Waals surface area contributed by atoms with Crippen LogP contribution in [0.25, 0.3) is 0 Å². The summed E-state index contributed by atoms with van der Waals surface area (Å²) in [5.74, 6) is 0.958. The Kier molecular flexibility index (Phi) is 5.79. The van der Waals surface area contributed by atoms with E-state index < -0.39 is 0 Å². The number of likely N-dealkylation sites (tertiary alicyclic amines) is 1. The monoisotopic (exact) mass is 409 g/mol. The molecule has 4 atom stereocenters. The van der Waals surface area contributed by atoms with E-state index >= 15 is 0 Å². The fraction of sp³-hybridized carbons (Fsp3) is 0.522. The molecule has 4 rings (SSSR count). The summed E-state index contributed by atoms with van der Waals surface area (Å²) in [7, 11) is 4.04. The van der Waals surface area contributed by atoms with Crippen LogP contribution in [0.1, 0.15) is 18.9 Å². The van der Waals surface area contributed by atoms with Gasteiger partial charge < -0.3 is 15.5 Å². The third kappa shape index (κ3) is 3.80. The Morgan fingerprint density at radius 1 is 1.13 bits per heavy atom. The number of anilines is 1. The number of nitrogens with zero attached hydrogens (tertiary/aromatic N) is 3. The number of benzene rings is 1. The molecule has 1 saturated heterocycles. The van der Waals surface area contributed by atoms with Crippen LogP contribution in [0.15, 0.2) is 41.4 Å². The van der Waals surface area contributed by atoms with Crippen molar-refractivity contribution < 1.29 is 9.59 Å². The van der Waals surface area contributed by atoms with E-state index in [1.807, 2.05) is 27.1 Å². The molecular weight excluding hydrogens is 378 g/mol. The van der Waals surface area contributed by atoms with Gasteiger partial charge >= 0.3 is 0 Å². The number of aliphatic imine (C=N–C) groups is 1. The van der Waals surface area contributed by atoms with Crippen molar-refractivity contribution in [1.29, 1.82) is 0 Å². The lowest BCUT2D eigenvalue weighted by Crippen LogP contribution is -2.43. The maximum absolute atomic E-state index is 12.8.